The number of carbonyl (C=O) groups is 1. The van der Waals surface area contributed by atoms with Gasteiger partial charge in [0.15, 0.2) is 0 Å². The fourth-order valence-corrected chi connectivity index (χ4v) is 2.07. The summed E-state index contributed by atoms with van der Waals surface area (Å²) in [5.74, 6) is 0.504. The Labute approximate surface area is 137 Å². The van der Waals surface area contributed by atoms with E-state index < -0.39 is 11.7 Å². The van der Waals surface area contributed by atoms with E-state index in [4.69, 9.17) is 9.26 Å². The summed E-state index contributed by atoms with van der Waals surface area (Å²) in [6, 6.07) is 12.6. The van der Waals surface area contributed by atoms with Crippen LogP contribution in [0, 0.1) is 5.82 Å². The Bertz CT molecular complexity index is 846. The highest BCUT2D eigenvalue weighted by atomic mass is 19.1. The predicted octanol–water partition coefficient (Wildman–Crippen LogP) is 2.81. The second-order valence-electron chi connectivity index (χ2n) is 4.93. The molecule has 6 nitrogen and oxygen atoms in total. The number of hydrogen-bond acceptors (Lipinski definition) is 5. The summed E-state index contributed by atoms with van der Waals surface area (Å²) in [7, 11) is 1.59. The van der Waals surface area contributed by atoms with E-state index in [1.165, 1.54) is 18.2 Å². The molecule has 0 aliphatic rings. The smallest absolute Gasteiger partial charge is 0.251 e. The molecule has 7 heteroatoms. The zero-order valence-electron chi connectivity index (χ0n) is 12.8. The fourth-order valence-electron chi connectivity index (χ4n) is 2.07. The van der Waals surface area contributed by atoms with Gasteiger partial charge in [-0.15, -0.1) is 0 Å². The Balaban J connectivity index is 1.64. The summed E-state index contributed by atoms with van der Waals surface area (Å²) in [6.07, 6.45) is 0. The second-order valence-corrected chi connectivity index (χ2v) is 4.93. The molecule has 24 heavy (non-hydrogen) atoms. The number of nitrogens with one attached hydrogen (secondary N) is 1. The second kappa shape index (κ2) is 6.91. The standard InChI is InChI=1S/C17H14FN3O3/c1-23-14-7-5-11(6-8-14)16-20-15(24-21-16)10-19-17(22)12-3-2-4-13(18)9-12/h2-9H,10H2,1H3,(H,19,22). The number of halogens is 1. The zero-order valence-corrected chi connectivity index (χ0v) is 12.8. The van der Waals surface area contributed by atoms with Crippen molar-refractivity contribution >= 4 is 5.91 Å². The summed E-state index contributed by atoms with van der Waals surface area (Å²) in [6.45, 7) is 0.0541. The largest absolute Gasteiger partial charge is 0.497 e. The molecule has 3 aromatic rings. The van der Waals surface area contributed by atoms with Gasteiger partial charge in [-0.25, -0.2) is 4.39 Å². The highest BCUT2D eigenvalue weighted by Gasteiger charge is 2.11. The van der Waals surface area contributed by atoms with Crippen LogP contribution in [-0.4, -0.2) is 23.2 Å². The van der Waals surface area contributed by atoms with E-state index in [-0.39, 0.29) is 18.0 Å². The van der Waals surface area contributed by atoms with Gasteiger partial charge in [-0.3, -0.25) is 4.79 Å². The van der Waals surface area contributed by atoms with Gasteiger partial charge in [0.25, 0.3) is 5.91 Å². The minimum atomic E-state index is -0.470. The predicted molar refractivity (Wildman–Crippen MR) is 83.9 cm³/mol. The first-order valence-electron chi connectivity index (χ1n) is 7.16. The molecule has 0 atom stereocenters. The SMILES string of the molecule is COc1ccc(-c2noc(CNC(=O)c3cccc(F)c3)n2)cc1. The van der Waals surface area contributed by atoms with Crippen molar-refractivity contribution in [3.63, 3.8) is 0 Å². The van der Waals surface area contributed by atoms with Crippen molar-refractivity contribution in [2.45, 2.75) is 6.54 Å². The molecule has 0 bridgehead atoms. The van der Waals surface area contributed by atoms with Crippen molar-refractivity contribution in [1.82, 2.24) is 15.5 Å². The quantitative estimate of drug-likeness (QED) is 0.780. The van der Waals surface area contributed by atoms with E-state index in [9.17, 15) is 9.18 Å². The number of amides is 1. The molecule has 3 rings (SSSR count). The third-order valence-corrected chi connectivity index (χ3v) is 3.30. The van der Waals surface area contributed by atoms with Gasteiger partial charge in [0.05, 0.1) is 13.7 Å². The Hall–Kier alpha value is -3.22. The van der Waals surface area contributed by atoms with Crippen LogP contribution in [0.25, 0.3) is 11.4 Å². The van der Waals surface area contributed by atoms with Crippen molar-refractivity contribution in [3.05, 3.63) is 65.8 Å². The molecular weight excluding hydrogens is 313 g/mol. The Kier molecular flexibility index (Phi) is 4.51. The molecular formula is C17H14FN3O3. The third-order valence-electron chi connectivity index (χ3n) is 3.30. The van der Waals surface area contributed by atoms with Crippen molar-refractivity contribution < 1.29 is 18.4 Å². The molecule has 0 spiro atoms. The lowest BCUT2D eigenvalue weighted by molar-refractivity contribution is 0.0946. The van der Waals surface area contributed by atoms with E-state index in [0.29, 0.717) is 5.82 Å². The van der Waals surface area contributed by atoms with Crippen molar-refractivity contribution in [3.8, 4) is 17.1 Å². The monoisotopic (exact) mass is 327 g/mol. The molecule has 0 fully saturated rings. The van der Waals surface area contributed by atoms with Crippen LogP contribution < -0.4 is 10.1 Å². The van der Waals surface area contributed by atoms with E-state index >= 15 is 0 Å². The molecule has 122 valence electrons. The highest BCUT2D eigenvalue weighted by Crippen LogP contribution is 2.19. The first-order chi connectivity index (χ1) is 11.7. The van der Waals surface area contributed by atoms with Crippen molar-refractivity contribution in [1.29, 1.82) is 0 Å². The van der Waals surface area contributed by atoms with Gasteiger partial charge < -0.3 is 14.6 Å². The molecule has 0 aliphatic heterocycles. The maximum atomic E-state index is 13.1. The fraction of sp³-hybridized carbons (Fsp3) is 0.118. The maximum Gasteiger partial charge on any atom is 0.251 e. The zero-order chi connectivity index (χ0) is 16.9. The van der Waals surface area contributed by atoms with Crippen molar-refractivity contribution in [2.75, 3.05) is 7.11 Å². The molecule has 0 aliphatic carbocycles. The normalized spacial score (nSPS) is 10.4. The van der Waals surface area contributed by atoms with Crippen molar-refractivity contribution in [2.24, 2.45) is 0 Å². The first kappa shape index (κ1) is 15.7. The molecule has 0 saturated carbocycles. The Morgan fingerprint density at radius 3 is 2.75 bits per heavy atom. The topological polar surface area (TPSA) is 77.3 Å². The highest BCUT2D eigenvalue weighted by molar-refractivity contribution is 5.94. The van der Waals surface area contributed by atoms with Crippen LogP contribution in [0.2, 0.25) is 0 Å². The molecule has 0 saturated heterocycles. The van der Waals surface area contributed by atoms with E-state index in [0.717, 1.165) is 17.4 Å². The van der Waals surface area contributed by atoms with Crippen LogP contribution in [0.1, 0.15) is 16.2 Å². The number of hydrogen-bond donors (Lipinski definition) is 1. The van der Waals surface area contributed by atoms with Gasteiger partial charge in [0.1, 0.15) is 11.6 Å². The summed E-state index contributed by atoms with van der Waals surface area (Å²) in [4.78, 5) is 16.1. The molecule has 0 unspecified atom stereocenters. The summed E-state index contributed by atoms with van der Waals surface area (Å²) < 4.78 is 23.3. The van der Waals surface area contributed by atoms with Crippen LogP contribution in [0.15, 0.2) is 53.1 Å². The lowest BCUT2D eigenvalue weighted by atomic mass is 10.2. The molecule has 1 heterocycles. The number of benzene rings is 2. The number of rotatable bonds is 5. The first-order valence-corrected chi connectivity index (χ1v) is 7.16. The third kappa shape index (κ3) is 3.57. The number of methoxy groups -OCH3 is 1. The number of carbonyl (C=O) groups excluding carboxylic acids is 1. The van der Waals surface area contributed by atoms with Gasteiger partial charge in [-0.1, -0.05) is 11.2 Å². The van der Waals surface area contributed by atoms with E-state index in [1.54, 1.807) is 31.4 Å². The van der Waals surface area contributed by atoms with Gasteiger partial charge in [0, 0.05) is 11.1 Å². The van der Waals surface area contributed by atoms with Gasteiger partial charge in [0.2, 0.25) is 11.7 Å². The van der Waals surface area contributed by atoms with Crippen LogP contribution in [0.4, 0.5) is 4.39 Å². The number of aromatic nitrogens is 2. The van der Waals surface area contributed by atoms with Gasteiger partial charge in [-0.05, 0) is 42.5 Å². The maximum absolute atomic E-state index is 13.1. The average Bonchev–Trinajstić information content (AvgIpc) is 3.09. The summed E-state index contributed by atoms with van der Waals surface area (Å²) in [5, 5.41) is 6.47. The Morgan fingerprint density at radius 1 is 1.25 bits per heavy atom. The van der Waals surface area contributed by atoms with Crippen LogP contribution >= 0.6 is 0 Å². The van der Waals surface area contributed by atoms with Crippen LogP contribution in [0.5, 0.6) is 5.75 Å². The number of ether oxygens (including phenoxy) is 1. The minimum Gasteiger partial charge on any atom is -0.497 e. The molecule has 1 amide bonds. The number of nitrogens with zero attached hydrogens (tertiary/aromatic N) is 2. The van der Waals surface area contributed by atoms with Gasteiger partial charge in [-0.2, -0.15) is 4.98 Å². The molecule has 1 N–H and O–H groups in total. The summed E-state index contributed by atoms with van der Waals surface area (Å²) in [5.41, 5.74) is 0.993. The average molecular weight is 327 g/mol. The lowest BCUT2D eigenvalue weighted by Gasteiger charge is -2.02. The molecule has 1 aromatic heterocycles. The summed E-state index contributed by atoms with van der Waals surface area (Å²) >= 11 is 0. The van der Waals surface area contributed by atoms with E-state index in [2.05, 4.69) is 15.5 Å². The van der Waals surface area contributed by atoms with Gasteiger partial charge >= 0.3 is 0 Å². The van der Waals surface area contributed by atoms with Crippen LogP contribution in [0.3, 0.4) is 0 Å². The Morgan fingerprint density at radius 2 is 2.04 bits per heavy atom. The van der Waals surface area contributed by atoms with E-state index in [1.807, 2.05) is 0 Å². The minimum absolute atomic E-state index is 0.0541. The molecule has 0 radical (unpaired) electrons. The molecule has 2 aromatic carbocycles. The lowest BCUT2D eigenvalue weighted by Crippen LogP contribution is -2.23. The van der Waals surface area contributed by atoms with Crippen LogP contribution in [-0.2, 0) is 6.54 Å².